The molecule has 0 aliphatic heterocycles. The van der Waals surface area contributed by atoms with Crippen LogP contribution >= 0.6 is 12.2 Å². The number of aliphatic hydroxyl groups is 1. The summed E-state index contributed by atoms with van der Waals surface area (Å²) in [6.45, 7) is 1.62. The van der Waals surface area contributed by atoms with Crippen LogP contribution in [0.2, 0.25) is 0 Å². The monoisotopic (exact) mass is 268 g/mol. The van der Waals surface area contributed by atoms with E-state index in [-0.39, 0.29) is 24.1 Å². The lowest BCUT2D eigenvalue weighted by molar-refractivity contribution is -0.126. The Bertz CT molecular complexity index is 437. The predicted octanol–water partition coefficient (Wildman–Crippen LogP) is 0.657. The lowest BCUT2D eigenvalue weighted by atomic mass is 10.2. The zero-order valence-corrected chi connectivity index (χ0v) is 10.9. The first-order chi connectivity index (χ1) is 8.54. The summed E-state index contributed by atoms with van der Waals surface area (Å²) in [6.07, 6.45) is -0.634. The van der Waals surface area contributed by atoms with Crippen molar-refractivity contribution in [2.75, 3.05) is 18.5 Å². The number of aliphatic hydroxyl groups excluding tert-OH is 1. The minimum Gasteiger partial charge on any atom is -0.394 e. The summed E-state index contributed by atoms with van der Waals surface area (Å²) in [4.78, 5) is 12.0. The van der Waals surface area contributed by atoms with Crippen LogP contribution in [0.3, 0.4) is 0 Å². The van der Waals surface area contributed by atoms with E-state index in [9.17, 15) is 4.79 Å². The van der Waals surface area contributed by atoms with Crippen molar-refractivity contribution in [2.24, 2.45) is 5.73 Å². The van der Waals surface area contributed by atoms with Gasteiger partial charge in [-0.25, -0.2) is 0 Å². The van der Waals surface area contributed by atoms with Crippen LogP contribution in [-0.4, -0.2) is 35.3 Å². The molecule has 1 aromatic rings. The molecule has 1 amide bonds. The van der Waals surface area contributed by atoms with Gasteiger partial charge in [0.25, 0.3) is 5.91 Å². The molecule has 0 aromatic heterocycles. The number of anilines is 1. The van der Waals surface area contributed by atoms with E-state index in [2.05, 4.69) is 5.32 Å². The molecule has 0 aliphatic carbocycles. The van der Waals surface area contributed by atoms with Crippen LogP contribution in [0.5, 0.6) is 0 Å². The minimum atomic E-state index is -0.634. The highest BCUT2D eigenvalue weighted by atomic mass is 32.1. The standard InChI is InChI=1S/C12H16N2O3S/c1-8(17-6-5-15)12(16)14-10-4-2-3-9(7-10)11(13)18/h2-4,7-8,15H,5-6H2,1H3,(H2,13,18)(H,14,16). The van der Waals surface area contributed by atoms with Gasteiger partial charge in [0.1, 0.15) is 11.1 Å². The molecule has 0 spiro atoms. The summed E-state index contributed by atoms with van der Waals surface area (Å²) >= 11 is 4.86. The molecule has 98 valence electrons. The summed E-state index contributed by atoms with van der Waals surface area (Å²) in [7, 11) is 0. The van der Waals surface area contributed by atoms with Crippen molar-refractivity contribution in [3.05, 3.63) is 29.8 Å². The van der Waals surface area contributed by atoms with Gasteiger partial charge in [-0.3, -0.25) is 4.79 Å². The second-order valence-corrected chi connectivity index (χ2v) is 4.11. The Labute approximate surface area is 111 Å². The number of carbonyl (C=O) groups excluding carboxylic acids is 1. The Morgan fingerprint density at radius 2 is 2.33 bits per heavy atom. The molecule has 0 radical (unpaired) electrons. The molecule has 18 heavy (non-hydrogen) atoms. The van der Waals surface area contributed by atoms with Gasteiger partial charge in [0.05, 0.1) is 13.2 Å². The number of amides is 1. The second kappa shape index (κ2) is 7.05. The van der Waals surface area contributed by atoms with Gasteiger partial charge in [0.15, 0.2) is 0 Å². The number of hydrogen-bond acceptors (Lipinski definition) is 4. The Hall–Kier alpha value is -1.50. The molecule has 1 atom stereocenters. The van der Waals surface area contributed by atoms with Crippen LogP contribution in [0.1, 0.15) is 12.5 Å². The summed E-state index contributed by atoms with van der Waals surface area (Å²) in [5.74, 6) is -0.288. The molecule has 0 saturated carbocycles. The fraction of sp³-hybridized carbons (Fsp3) is 0.333. The third-order valence-corrected chi connectivity index (χ3v) is 2.48. The van der Waals surface area contributed by atoms with Crippen molar-refractivity contribution in [3.8, 4) is 0 Å². The van der Waals surface area contributed by atoms with E-state index < -0.39 is 6.10 Å². The van der Waals surface area contributed by atoms with E-state index in [1.165, 1.54) is 0 Å². The molecule has 0 heterocycles. The molecule has 1 aromatic carbocycles. The fourth-order valence-electron chi connectivity index (χ4n) is 1.30. The quantitative estimate of drug-likeness (QED) is 0.660. The third-order valence-electron chi connectivity index (χ3n) is 2.24. The number of rotatable bonds is 6. The summed E-state index contributed by atoms with van der Waals surface area (Å²) in [5.41, 5.74) is 6.79. The normalized spacial score (nSPS) is 11.9. The van der Waals surface area contributed by atoms with Crippen LogP contribution in [0.25, 0.3) is 0 Å². The number of hydrogen-bond donors (Lipinski definition) is 3. The first-order valence-corrected chi connectivity index (χ1v) is 5.88. The average Bonchev–Trinajstić information content (AvgIpc) is 2.36. The van der Waals surface area contributed by atoms with Gasteiger partial charge in [-0.1, -0.05) is 24.4 Å². The summed E-state index contributed by atoms with van der Waals surface area (Å²) in [6, 6.07) is 6.95. The van der Waals surface area contributed by atoms with Crippen molar-refractivity contribution >= 4 is 28.8 Å². The van der Waals surface area contributed by atoms with E-state index in [0.717, 1.165) is 0 Å². The van der Waals surface area contributed by atoms with E-state index in [1.54, 1.807) is 31.2 Å². The Morgan fingerprint density at radius 3 is 2.94 bits per heavy atom. The molecular formula is C12H16N2O3S. The van der Waals surface area contributed by atoms with Crippen LogP contribution < -0.4 is 11.1 Å². The van der Waals surface area contributed by atoms with Crippen LogP contribution in [-0.2, 0) is 9.53 Å². The predicted molar refractivity (Wildman–Crippen MR) is 73.5 cm³/mol. The number of benzene rings is 1. The van der Waals surface area contributed by atoms with Crippen molar-refractivity contribution in [2.45, 2.75) is 13.0 Å². The second-order valence-electron chi connectivity index (χ2n) is 3.67. The van der Waals surface area contributed by atoms with E-state index >= 15 is 0 Å². The topological polar surface area (TPSA) is 84.6 Å². The minimum absolute atomic E-state index is 0.117. The molecule has 0 saturated heterocycles. The zero-order chi connectivity index (χ0) is 13.5. The molecule has 5 nitrogen and oxygen atoms in total. The summed E-state index contributed by atoms with van der Waals surface area (Å²) in [5, 5.41) is 11.3. The SMILES string of the molecule is CC(OCCO)C(=O)Nc1cccc(C(N)=S)c1. The molecular weight excluding hydrogens is 252 g/mol. The van der Waals surface area contributed by atoms with Gasteiger partial charge < -0.3 is 20.9 Å². The Morgan fingerprint density at radius 1 is 1.61 bits per heavy atom. The maximum absolute atomic E-state index is 11.7. The number of carbonyl (C=O) groups is 1. The van der Waals surface area contributed by atoms with E-state index in [4.69, 9.17) is 27.8 Å². The van der Waals surface area contributed by atoms with Crippen molar-refractivity contribution in [3.63, 3.8) is 0 Å². The lowest BCUT2D eigenvalue weighted by Crippen LogP contribution is -2.28. The van der Waals surface area contributed by atoms with Crippen molar-refractivity contribution in [1.82, 2.24) is 0 Å². The third kappa shape index (κ3) is 4.40. The zero-order valence-electron chi connectivity index (χ0n) is 10.1. The maximum atomic E-state index is 11.7. The van der Waals surface area contributed by atoms with Crippen molar-refractivity contribution < 1.29 is 14.6 Å². The van der Waals surface area contributed by atoms with Gasteiger partial charge in [-0.2, -0.15) is 0 Å². The van der Waals surface area contributed by atoms with Gasteiger partial charge in [0, 0.05) is 11.3 Å². The highest BCUT2D eigenvalue weighted by Gasteiger charge is 2.13. The van der Waals surface area contributed by atoms with Gasteiger partial charge in [-0.05, 0) is 19.1 Å². The van der Waals surface area contributed by atoms with Crippen LogP contribution in [0.4, 0.5) is 5.69 Å². The Kier molecular flexibility index (Phi) is 5.70. The smallest absolute Gasteiger partial charge is 0.253 e. The highest BCUT2D eigenvalue weighted by Crippen LogP contribution is 2.11. The molecule has 0 bridgehead atoms. The lowest BCUT2D eigenvalue weighted by Gasteiger charge is -2.13. The van der Waals surface area contributed by atoms with Crippen LogP contribution in [0, 0.1) is 0 Å². The summed E-state index contributed by atoms with van der Waals surface area (Å²) < 4.78 is 5.09. The van der Waals surface area contributed by atoms with Gasteiger partial charge in [0.2, 0.25) is 0 Å². The largest absolute Gasteiger partial charge is 0.394 e. The molecule has 1 rings (SSSR count). The molecule has 0 aliphatic rings. The number of ether oxygens (including phenoxy) is 1. The first kappa shape index (κ1) is 14.6. The molecule has 6 heteroatoms. The van der Waals surface area contributed by atoms with Gasteiger partial charge >= 0.3 is 0 Å². The first-order valence-electron chi connectivity index (χ1n) is 5.47. The number of nitrogens with one attached hydrogen (secondary N) is 1. The molecule has 0 fully saturated rings. The molecule has 4 N–H and O–H groups in total. The van der Waals surface area contributed by atoms with Gasteiger partial charge in [-0.15, -0.1) is 0 Å². The molecule has 1 unspecified atom stereocenters. The maximum Gasteiger partial charge on any atom is 0.253 e. The average molecular weight is 268 g/mol. The van der Waals surface area contributed by atoms with Crippen molar-refractivity contribution in [1.29, 1.82) is 0 Å². The number of thiocarbonyl (C=S) groups is 1. The fourth-order valence-corrected chi connectivity index (χ4v) is 1.43. The number of nitrogens with two attached hydrogens (primary N) is 1. The van der Waals surface area contributed by atoms with E-state index in [0.29, 0.717) is 11.3 Å². The van der Waals surface area contributed by atoms with E-state index in [1.807, 2.05) is 0 Å². The Balaban J connectivity index is 2.64. The highest BCUT2D eigenvalue weighted by molar-refractivity contribution is 7.80. The van der Waals surface area contributed by atoms with Crippen LogP contribution in [0.15, 0.2) is 24.3 Å².